The normalized spacial score (nSPS) is 11.7. The Morgan fingerprint density at radius 2 is 1.58 bits per heavy atom. The minimum atomic E-state index is -4.36. The van der Waals surface area contributed by atoms with Gasteiger partial charge in [-0.25, -0.2) is 4.98 Å². The maximum atomic E-state index is 11.4. The first-order valence-electron chi connectivity index (χ1n) is 7.68. The number of benzene rings is 1. The van der Waals surface area contributed by atoms with E-state index in [1.54, 1.807) is 12.1 Å². The summed E-state index contributed by atoms with van der Waals surface area (Å²) in [7, 11) is -4.36. The van der Waals surface area contributed by atoms with Gasteiger partial charge >= 0.3 is 10.1 Å². The Labute approximate surface area is 167 Å². The van der Waals surface area contributed by atoms with E-state index in [2.05, 4.69) is 11.1 Å². The number of pyridine rings is 2. The van der Waals surface area contributed by atoms with E-state index in [0.29, 0.717) is 5.69 Å². The maximum Gasteiger partial charge on any atom is 0.312 e. The minimum Gasteiger partial charge on any atom is -0.300 e. The molecule has 0 atom stereocenters. The number of aromatic nitrogens is 2. The third-order valence-corrected chi connectivity index (χ3v) is 4.76. The van der Waals surface area contributed by atoms with E-state index >= 15 is 0 Å². The molecule has 2 aromatic heterocycles. The summed E-state index contributed by atoms with van der Waals surface area (Å²) in [6.45, 7) is 3.81. The topological polar surface area (TPSA) is 80.2 Å². The predicted octanol–water partition coefficient (Wildman–Crippen LogP) is 3.51. The second-order valence-corrected chi connectivity index (χ2v) is 7.51. The summed E-state index contributed by atoms with van der Waals surface area (Å²) in [6.07, 6.45) is 0. The van der Waals surface area contributed by atoms with Gasteiger partial charge in [-0.2, -0.15) is 8.42 Å². The summed E-state index contributed by atoms with van der Waals surface area (Å²) in [5, 5.41) is -0.370. The monoisotopic (exact) mass is 548 g/mol. The van der Waals surface area contributed by atoms with E-state index in [0.717, 1.165) is 17.0 Å². The van der Waals surface area contributed by atoms with E-state index < -0.39 is 15.5 Å². The molecule has 0 radical (unpaired) electrons. The predicted molar refractivity (Wildman–Crippen MR) is 94.7 cm³/mol. The van der Waals surface area contributed by atoms with Gasteiger partial charge in [0.2, 0.25) is 0 Å². The third kappa shape index (κ3) is 4.26. The third-order valence-electron chi connectivity index (χ3n) is 4.00. The fraction of sp³-hybridized carbons (Fsp3) is 0.158. The number of hydrogen-bond donors (Lipinski definition) is 1. The van der Waals surface area contributed by atoms with Crippen molar-refractivity contribution in [3.63, 3.8) is 0 Å². The van der Waals surface area contributed by atoms with Crippen LogP contribution in [0.5, 0.6) is 0 Å². The summed E-state index contributed by atoms with van der Waals surface area (Å²) in [5.41, 5.74) is 2.24. The molecule has 0 aliphatic heterocycles. The molecule has 3 rings (SSSR count). The van der Waals surface area contributed by atoms with Gasteiger partial charge in [-0.05, 0) is 37.7 Å². The molecule has 2 heterocycles. The first-order chi connectivity index (χ1) is 11.8. The summed E-state index contributed by atoms with van der Waals surface area (Å²) in [6, 6.07) is 20.9. The fourth-order valence-electron chi connectivity index (χ4n) is 2.52. The van der Waals surface area contributed by atoms with Crippen molar-refractivity contribution in [3.8, 4) is 11.3 Å². The van der Waals surface area contributed by atoms with E-state index in [-0.39, 0.29) is 26.1 Å². The molecule has 7 heteroatoms. The molecule has 0 fully saturated rings. The molecule has 0 spiro atoms. The fourth-order valence-corrected chi connectivity index (χ4v) is 2.99. The molecule has 0 aliphatic carbocycles. The zero-order chi connectivity index (χ0) is 18.1. The molecule has 1 N–H and O–H groups in total. The molecule has 3 aromatic rings. The van der Waals surface area contributed by atoms with Crippen LogP contribution < -0.4 is 0 Å². The standard InChI is InChI=1S/C19H17N2O3S.Pt/c1-19(2,17-12-7-13-18(21-17)25(22,23)24)16-11-6-10-15(20-16)14-8-4-3-5-9-14;/h3-8,10-13H,1-2H3,(H,22,23,24);/q-1;. The molecule has 0 aliphatic rings. The van der Waals surface area contributed by atoms with Crippen LogP contribution in [0.4, 0.5) is 0 Å². The van der Waals surface area contributed by atoms with Crippen molar-refractivity contribution >= 4 is 10.1 Å². The van der Waals surface area contributed by atoms with Crippen LogP contribution in [0.3, 0.4) is 0 Å². The second-order valence-electron chi connectivity index (χ2n) is 6.15. The Bertz CT molecular complexity index is 1010. The van der Waals surface area contributed by atoms with Crippen LogP contribution in [0, 0.1) is 6.07 Å². The van der Waals surface area contributed by atoms with Gasteiger partial charge < -0.3 is 4.98 Å². The molecule has 0 unspecified atom stereocenters. The van der Waals surface area contributed by atoms with Crippen molar-refractivity contribution < 1.29 is 34.0 Å². The van der Waals surface area contributed by atoms with Crippen LogP contribution in [-0.2, 0) is 36.6 Å². The maximum absolute atomic E-state index is 11.4. The molecular weight excluding hydrogens is 531 g/mol. The molecule has 138 valence electrons. The van der Waals surface area contributed by atoms with E-state index in [4.69, 9.17) is 4.98 Å². The summed E-state index contributed by atoms with van der Waals surface area (Å²) < 4.78 is 32.0. The van der Waals surface area contributed by atoms with Gasteiger partial charge in [-0.3, -0.25) is 4.55 Å². The Kier molecular flexibility index (Phi) is 6.12. The first kappa shape index (κ1) is 20.4. The Balaban J connectivity index is 0.00000243. The van der Waals surface area contributed by atoms with Gasteiger partial charge in [-0.1, -0.05) is 18.2 Å². The van der Waals surface area contributed by atoms with Gasteiger partial charge in [0.1, 0.15) is 0 Å². The van der Waals surface area contributed by atoms with Crippen LogP contribution in [0.2, 0.25) is 0 Å². The van der Waals surface area contributed by atoms with Crippen LogP contribution in [0.15, 0.2) is 65.7 Å². The molecule has 0 saturated heterocycles. The van der Waals surface area contributed by atoms with Gasteiger partial charge in [0.15, 0.2) is 5.03 Å². The summed E-state index contributed by atoms with van der Waals surface area (Å²) >= 11 is 0. The van der Waals surface area contributed by atoms with Gasteiger partial charge in [0.05, 0.1) is 5.69 Å². The second kappa shape index (κ2) is 7.78. The van der Waals surface area contributed by atoms with Crippen molar-refractivity contribution in [1.82, 2.24) is 9.97 Å². The van der Waals surface area contributed by atoms with Crippen molar-refractivity contribution in [2.24, 2.45) is 0 Å². The molecule has 26 heavy (non-hydrogen) atoms. The Morgan fingerprint density at radius 1 is 0.923 bits per heavy atom. The smallest absolute Gasteiger partial charge is 0.300 e. The van der Waals surface area contributed by atoms with E-state index in [1.807, 2.05) is 56.3 Å². The molecule has 5 nitrogen and oxygen atoms in total. The van der Waals surface area contributed by atoms with Crippen LogP contribution >= 0.6 is 0 Å². The van der Waals surface area contributed by atoms with Crippen LogP contribution in [0.25, 0.3) is 11.3 Å². The molecule has 0 saturated carbocycles. The molecule has 0 amide bonds. The zero-order valence-electron chi connectivity index (χ0n) is 14.2. The van der Waals surface area contributed by atoms with E-state index in [1.165, 1.54) is 6.07 Å². The first-order valence-corrected chi connectivity index (χ1v) is 9.12. The van der Waals surface area contributed by atoms with Crippen LogP contribution in [0.1, 0.15) is 25.2 Å². The van der Waals surface area contributed by atoms with E-state index in [9.17, 15) is 13.0 Å². The Morgan fingerprint density at radius 3 is 2.19 bits per heavy atom. The van der Waals surface area contributed by atoms with Gasteiger partial charge in [0, 0.05) is 32.2 Å². The average Bonchev–Trinajstić information content (AvgIpc) is 2.62. The SMILES string of the molecule is CC(C)(c1cccc(-c2[c-]cccc2)n1)c1cccc(S(=O)(=O)O)n1.[Pt]. The molecular formula is C19H17N2O3PtS-. The van der Waals surface area contributed by atoms with Crippen molar-refractivity contribution in [2.45, 2.75) is 24.3 Å². The molecule has 0 bridgehead atoms. The summed E-state index contributed by atoms with van der Waals surface area (Å²) in [5.74, 6) is 0. The zero-order valence-corrected chi connectivity index (χ0v) is 17.2. The van der Waals surface area contributed by atoms with Gasteiger partial charge in [0.25, 0.3) is 0 Å². The van der Waals surface area contributed by atoms with Crippen molar-refractivity contribution in [2.75, 3.05) is 0 Å². The molecule has 1 aromatic carbocycles. The van der Waals surface area contributed by atoms with Crippen molar-refractivity contribution in [1.29, 1.82) is 0 Å². The number of rotatable bonds is 4. The van der Waals surface area contributed by atoms with Gasteiger partial charge in [-0.15, -0.1) is 35.9 Å². The number of hydrogen-bond acceptors (Lipinski definition) is 4. The minimum absolute atomic E-state index is 0. The quantitative estimate of drug-likeness (QED) is 0.399. The van der Waals surface area contributed by atoms with Crippen molar-refractivity contribution in [3.05, 3.63) is 78.1 Å². The largest absolute Gasteiger partial charge is 0.312 e. The number of nitrogens with zero attached hydrogens (tertiary/aromatic N) is 2. The average molecular weight is 549 g/mol. The summed E-state index contributed by atoms with van der Waals surface area (Å²) in [4.78, 5) is 8.81. The Hall–Kier alpha value is -1.88. The van der Waals surface area contributed by atoms with Crippen LogP contribution in [-0.4, -0.2) is 22.9 Å².